The van der Waals surface area contributed by atoms with Crippen molar-refractivity contribution in [1.82, 2.24) is 0 Å². The van der Waals surface area contributed by atoms with Gasteiger partial charge < -0.3 is 14.2 Å². The normalized spacial score (nSPS) is 10.8. The number of benzene rings is 1. The van der Waals surface area contributed by atoms with E-state index in [1.807, 2.05) is 0 Å². The van der Waals surface area contributed by atoms with Crippen LogP contribution in [0.4, 0.5) is 0 Å². The van der Waals surface area contributed by atoms with Crippen LogP contribution in [0.3, 0.4) is 0 Å². The highest BCUT2D eigenvalue weighted by Crippen LogP contribution is 2.38. The molecule has 0 fully saturated rings. The summed E-state index contributed by atoms with van der Waals surface area (Å²) >= 11 is 0. The van der Waals surface area contributed by atoms with Gasteiger partial charge in [0.1, 0.15) is 0 Å². The summed E-state index contributed by atoms with van der Waals surface area (Å²) in [5, 5.41) is 0. The molecule has 1 rings (SSSR count). The Morgan fingerprint density at radius 3 is 1.19 bits per heavy atom. The maximum Gasteiger partial charge on any atom is 0.311 e. The molecule has 0 amide bonds. The third-order valence-corrected chi connectivity index (χ3v) is 6.06. The highest BCUT2D eigenvalue weighted by atomic mass is 16.6. The van der Waals surface area contributed by atoms with E-state index in [0.29, 0.717) is 0 Å². The van der Waals surface area contributed by atoms with E-state index in [2.05, 4.69) is 20.8 Å². The van der Waals surface area contributed by atoms with Gasteiger partial charge in [-0.2, -0.15) is 0 Å². The van der Waals surface area contributed by atoms with Gasteiger partial charge in [-0.25, -0.2) is 0 Å². The zero-order valence-electron chi connectivity index (χ0n) is 22.9. The van der Waals surface area contributed by atoms with E-state index in [1.54, 1.807) is 18.2 Å². The van der Waals surface area contributed by atoms with Crippen molar-refractivity contribution in [3.05, 3.63) is 18.2 Å². The molecule has 0 saturated carbocycles. The number of unbranched alkanes of at least 4 members (excludes halogenated alkanes) is 12. The van der Waals surface area contributed by atoms with Crippen LogP contribution in [0.1, 0.15) is 136 Å². The maximum absolute atomic E-state index is 12.6. The molecule has 0 unspecified atom stereocenters. The summed E-state index contributed by atoms with van der Waals surface area (Å²) in [6.45, 7) is 6.44. The van der Waals surface area contributed by atoms with Crippen molar-refractivity contribution in [2.45, 2.75) is 136 Å². The quantitative estimate of drug-likeness (QED) is 0.0948. The molecule has 0 aliphatic rings. The molecule has 0 radical (unpaired) electrons. The number of hydrogen-bond donors (Lipinski definition) is 0. The van der Waals surface area contributed by atoms with Crippen LogP contribution in [0.2, 0.25) is 0 Å². The van der Waals surface area contributed by atoms with Gasteiger partial charge >= 0.3 is 17.9 Å². The summed E-state index contributed by atoms with van der Waals surface area (Å²) in [4.78, 5) is 37.5. The average molecular weight is 505 g/mol. The molecule has 0 aliphatic heterocycles. The van der Waals surface area contributed by atoms with Crippen LogP contribution >= 0.6 is 0 Å². The molecule has 0 saturated heterocycles. The highest BCUT2D eigenvalue weighted by molar-refractivity contribution is 5.79. The third-order valence-electron chi connectivity index (χ3n) is 6.06. The molecule has 0 bridgehead atoms. The smallest absolute Gasteiger partial charge is 0.311 e. The van der Waals surface area contributed by atoms with Crippen molar-refractivity contribution < 1.29 is 28.6 Å². The second-order valence-electron chi connectivity index (χ2n) is 9.50. The van der Waals surface area contributed by atoms with E-state index in [-0.39, 0.29) is 48.4 Å². The van der Waals surface area contributed by atoms with Crippen molar-refractivity contribution in [3.8, 4) is 17.2 Å². The van der Waals surface area contributed by atoms with Gasteiger partial charge in [0, 0.05) is 19.3 Å². The van der Waals surface area contributed by atoms with Gasteiger partial charge in [0.2, 0.25) is 5.75 Å². The van der Waals surface area contributed by atoms with Crippen LogP contribution in [0.25, 0.3) is 0 Å². The first-order chi connectivity index (χ1) is 17.5. The average Bonchev–Trinajstić information content (AvgIpc) is 2.85. The van der Waals surface area contributed by atoms with E-state index < -0.39 is 5.97 Å². The lowest BCUT2D eigenvalue weighted by Gasteiger charge is -2.15. The number of carbonyl (C=O) groups is 3. The van der Waals surface area contributed by atoms with Crippen LogP contribution in [0.5, 0.6) is 17.2 Å². The maximum atomic E-state index is 12.6. The van der Waals surface area contributed by atoms with E-state index in [9.17, 15) is 14.4 Å². The number of ether oxygens (including phenoxy) is 3. The van der Waals surface area contributed by atoms with Gasteiger partial charge in [-0.3, -0.25) is 14.4 Å². The molecular formula is C30H48O6. The number of esters is 3. The first-order valence-electron chi connectivity index (χ1n) is 14.3. The van der Waals surface area contributed by atoms with Crippen molar-refractivity contribution >= 4 is 17.9 Å². The Kier molecular flexibility index (Phi) is 18.3. The molecule has 0 N–H and O–H groups in total. The fourth-order valence-corrected chi connectivity index (χ4v) is 3.89. The zero-order valence-corrected chi connectivity index (χ0v) is 22.9. The van der Waals surface area contributed by atoms with E-state index in [0.717, 1.165) is 96.3 Å². The lowest BCUT2D eigenvalue weighted by Crippen LogP contribution is -2.14. The summed E-state index contributed by atoms with van der Waals surface area (Å²) in [5.41, 5.74) is 0. The van der Waals surface area contributed by atoms with Crippen LogP contribution < -0.4 is 14.2 Å². The second kappa shape index (κ2) is 20.8. The highest BCUT2D eigenvalue weighted by Gasteiger charge is 2.21. The molecular weight excluding hydrogens is 456 g/mol. The Morgan fingerprint density at radius 1 is 0.500 bits per heavy atom. The van der Waals surface area contributed by atoms with Crippen LogP contribution in [0, 0.1) is 0 Å². The van der Waals surface area contributed by atoms with Crippen molar-refractivity contribution in [1.29, 1.82) is 0 Å². The topological polar surface area (TPSA) is 78.9 Å². The SMILES string of the molecule is CCCCCCCC(=O)Oc1cccc(OC(=O)CCCCCCC)c1OC(=O)CCCCCCC. The van der Waals surface area contributed by atoms with Crippen molar-refractivity contribution in [2.75, 3.05) is 0 Å². The molecule has 204 valence electrons. The van der Waals surface area contributed by atoms with Gasteiger partial charge in [-0.15, -0.1) is 0 Å². The number of rotatable bonds is 21. The van der Waals surface area contributed by atoms with E-state index in [4.69, 9.17) is 14.2 Å². The molecule has 1 aromatic rings. The molecule has 0 spiro atoms. The molecule has 0 aliphatic carbocycles. The fourth-order valence-electron chi connectivity index (χ4n) is 3.89. The van der Waals surface area contributed by atoms with Gasteiger partial charge in [-0.05, 0) is 31.4 Å². The molecule has 6 nitrogen and oxygen atoms in total. The fraction of sp³-hybridized carbons (Fsp3) is 0.700. The molecule has 0 heterocycles. The van der Waals surface area contributed by atoms with Gasteiger partial charge in [-0.1, -0.05) is 104 Å². The van der Waals surface area contributed by atoms with E-state index in [1.165, 1.54) is 0 Å². The van der Waals surface area contributed by atoms with Crippen LogP contribution in [-0.4, -0.2) is 17.9 Å². The first-order valence-corrected chi connectivity index (χ1v) is 14.3. The Hall–Kier alpha value is -2.37. The minimum atomic E-state index is -0.425. The first kappa shape index (κ1) is 31.7. The Balaban J connectivity index is 2.81. The number of hydrogen-bond acceptors (Lipinski definition) is 6. The summed E-state index contributed by atoms with van der Waals surface area (Å²) in [6, 6.07) is 4.78. The summed E-state index contributed by atoms with van der Waals surface area (Å²) in [5.74, 6) is -0.964. The summed E-state index contributed by atoms with van der Waals surface area (Å²) < 4.78 is 16.7. The predicted octanol–water partition coefficient (Wildman–Crippen LogP) is 8.48. The Labute approximate surface area is 218 Å². The lowest BCUT2D eigenvalue weighted by atomic mass is 10.1. The zero-order chi connectivity index (χ0) is 26.4. The van der Waals surface area contributed by atoms with Crippen molar-refractivity contribution in [3.63, 3.8) is 0 Å². The monoisotopic (exact) mass is 504 g/mol. The standard InChI is InChI=1S/C30H48O6/c1-4-7-10-13-16-22-27(31)34-25-20-19-21-26(35-28(32)23-17-14-11-8-5-2)30(25)36-29(33)24-18-15-12-9-6-3/h19-21H,4-18,22-24H2,1-3H3. The largest absolute Gasteiger partial charge is 0.422 e. The summed E-state index contributed by atoms with van der Waals surface area (Å²) in [6.07, 6.45) is 16.1. The van der Waals surface area contributed by atoms with Gasteiger partial charge in [0.05, 0.1) is 0 Å². The Bertz CT molecular complexity index is 712. The molecule has 0 atom stereocenters. The number of para-hydroxylation sites is 1. The van der Waals surface area contributed by atoms with Gasteiger partial charge in [0.15, 0.2) is 11.5 Å². The molecule has 6 heteroatoms. The summed E-state index contributed by atoms with van der Waals surface area (Å²) in [7, 11) is 0. The minimum Gasteiger partial charge on any atom is -0.422 e. The lowest BCUT2D eigenvalue weighted by molar-refractivity contribution is -0.138. The molecule has 0 aromatic heterocycles. The van der Waals surface area contributed by atoms with Crippen LogP contribution in [-0.2, 0) is 14.4 Å². The predicted molar refractivity (Wildman–Crippen MR) is 143 cm³/mol. The third kappa shape index (κ3) is 14.9. The van der Waals surface area contributed by atoms with Gasteiger partial charge in [0.25, 0.3) is 0 Å². The minimum absolute atomic E-state index is 0.00900. The second-order valence-corrected chi connectivity index (χ2v) is 9.50. The van der Waals surface area contributed by atoms with Crippen molar-refractivity contribution in [2.24, 2.45) is 0 Å². The van der Waals surface area contributed by atoms with E-state index >= 15 is 0 Å². The van der Waals surface area contributed by atoms with Crippen LogP contribution in [0.15, 0.2) is 18.2 Å². The number of carbonyl (C=O) groups excluding carboxylic acids is 3. The molecule has 1 aromatic carbocycles. The molecule has 36 heavy (non-hydrogen) atoms. The Morgan fingerprint density at radius 2 is 0.833 bits per heavy atom.